The number of hydrogen-bond donors (Lipinski definition) is 0. The Kier molecular flexibility index (Phi) is 2.91. The van der Waals surface area contributed by atoms with Crippen LogP contribution in [-0.4, -0.2) is 18.0 Å². The summed E-state index contributed by atoms with van der Waals surface area (Å²) in [7, 11) is 0. The fourth-order valence-electron chi connectivity index (χ4n) is 3.07. The highest BCUT2D eigenvalue weighted by molar-refractivity contribution is 5.80. The summed E-state index contributed by atoms with van der Waals surface area (Å²) in [6.45, 7) is 2.82. The van der Waals surface area contributed by atoms with Crippen LogP contribution in [0.3, 0.4) is 0 Å². The predicted octanol–water partition coefficient (Wildman–Crippen LogP) is 2.70. The highest BCUT2D eigenvalue weighted by Crippen LogP contribution is 2.42. The quantitative estimate of drug-likeness (QED) is 0.678. The molecule has 0 aromatic carbocycles. The topological polar surface area (TPSA) is 26.3 Å². The van der Waals surface area contributed by atoms with Crippen molar-refractivity contribution < 1.29 is 9.53 Å². The Morgan fingerprint density at radius 2 is 2.14 bits per heavy atom. The van der Waals surface area contributed by atoms with E-state index in [0.717, 1.165) is 6.42 Å². The minimum absolute atomic E-state index is 0.0775. The van der Waals surface area contributed by atoms with Gasteiger partial charge in [-0.05, 0) is 25.2 Å². The minimum Gasteiger partial charge on any atom is -0.374 e. The van der Waals surface area contributed by atoms with E-state index in [2.05, 4.69) is 6.92 Å². The molecule has 2 heteroatoms. The second-order valence-electron chi connectivity index (χ2n) is 4.71. The summed E-state index contributed by atoms with van der Waals surface area (Å²) in [5.41, 5.74) is -0.0775. The third kappa shape index (κ3) is 1.72. The summed E-state index contributed by atoms with van der Waals surface area (Å²) in [4.78, 5) is 11.5. The van der Waals surface area contributed by atoms with Crippen molar-refractivity contribution in [1.29, 1.82) is 0 Å². The molecule has 2 nitrogen and oxygen atoms in total. The Hall–Kier alpha value is -0.370. The third-order valence-corrected chi connectivity index (χ3v) is 3.96. The van der Waals surface area contributed by atoms with E-state index in [1.807, 2.05) is 0 Å². The second-order valence-corrected chi connectivity index (χ2v) is 4.71. The Morgan fingerprint density at radius 1 is 1.43 bits per heavy atom. The van der Waals surface area contributed by atoms with Crippen LogP contribution in [0, 0.1) is 5.92 Å². The van der Waals surface area contributed by atoms with Gasteiger partial charge >= 0.3 is 0 Å². The van der Waals surface area contributed by atoms with E-state index in [1.54, 1.807) is 0 Å². The van der Waals surface area contributed by atoms with E-state index in [0.29, 0.717) is 31.1 Å². The van der Waals surface area contributed by atoms with Crippen LogP contribution in [0.15, 0.2) is 0 Å². The standard InChI is InChI=1S/C12H20O2/c1-2-12(10-5-3-4-6-10)9-11(13)7-8-14-12/h10H,2-9H2,1H3. The molecular weight excluding hydrogens is 176 g/mol. The average molecular weight is 196 g/mol. The normalized spacial score (nSPS) is 35.1. The first-order chi connectivity index (χ1) is 6.77. The Morgan fingerprint density at radius 3 is 2.71 bits per heavy atom. The largest absolute Gasteiger partial charge is 0.374 e. The van der Waals surface area contributed by atoms with Crippen LogP contribution in [0.5, 0.6) is 0 Å². The molecule has 0 aromatic rings. The zero-order valence-electron chi connectivity index (χ0n) is 9.05. The number of rotatable bonds is 2. The van der Waals surface area contributed by atoms with E-state index in [9.17, 15) is 4.79 Å². The Labute approximate surface area is 86.0 Å². The number of carbonyl (C=O) groups excluding carboxylic acids is 1. The lowest BCUT2D eigenvalue weighted by atomic mass is 9.78. The molecule has 0 amide bonds. The summed E-state index contributed by atoms with van der Waals surface area (Å²) in [6.07, 6.45) is 7.49. The van der Waals surface area contributed by atoms with Gasteiger partial charge in [-0.25, -0.2) is 0 Å². The van der Waals surface area contributed by atoms with Gasteiger partial charge in [0.2, 0.25) is 0 Å². The van der Waals surface area contributed by atoms with Crippen LogP contribution >= 0.6 is 0 Å². The molecule has 2 fully saturated rings. The van der Waals surface area contributed by atoms with Crippen LogP contribution in [0.1, 0.15) is 51.9 Å². The minimum atomic E-state index is -0.0775. The number of carbonyl (C=O) groups is 1. The number of ketones is 1. The molecule has 1 aliphatic heterocycles. The molecule has 1 saturated carbocycles. The van der Waals surface area contributed by atoms with E-state index in [-0.39, 0.29) is 5.60 Å². The highest BCUT2D eigenvalue weighted by atomic mass is 16.5. The van der Waals surface area contributed by atoms with Gasteiger partial charge in [0.15, 0.2) is 0 Å². The molecular formula is C12H20O2. The van der Waals surface area contributed by atoms with Crippen LogP contribution in [0.4, 0.5) is 0 Å². The van der Waals surface area contributed by atoms with Gasteiger partial charge in [-0.15, -0.1) is 0 Å². The van der Waals surface area contributed by atoms with Gasteiger partial charge in [0.25, 0.3) is 0 Å². The van der Waals surface area contributed by atoms with Crippen LogP contribution in [0.25, 0.3) is 0 Å². The number of ether oxygens (including phenoxy) is 1. The molecule has 1 atom stereocenters. The van der Waals surface area contributed by atoms with E-state index < -0.39 is 0 Å². The Balaban J connectivity index is 2.10. The first-order valence-electron chi connectivity index (χ1n) is 5.92. The van der Waals surface area contributed by atoms with Crippen molar-refractivity contribution in [1.82, 2.24) is 0 Å². The molecule has 1 aliphatic carbocycles. The van der Waals surface area contributed by atoms with Gasteiger partial charge < -0.3 is 4.74 Å². The van der Waals surface area contributed by atoms with Gasteiger partial charge in [-0.3, -0.25) is 4.79 Å². The third-order valence-electron chi connectivity index (χ3n) is 3.96. The second kappa shape index (κ2) is 4.01. The van der Waals surface area contributed by atoms with Crippen molar-refractivity contribution in [2.45, 2.75) is 57.5 Å². The molecule has 2 rings (SSSR count). The van der Waals surface area contributed by atoms with Gasteiger partial charge in [0, 0.05) is 12.8 Å². The number of hydrogen-bond acceptors (Lipinski definition) is 2. The average Bonchev–Trinajstić information content (AvgIpc) is 2.71. The molecule has 1 saturated heterocycles. The van der Waals surface area contributed by atoms with Crippen molar-refractivity contribution in [3.8, 4) is 0 Å². The highest BCUT2D eigenvalue weighted by Gasteiger charge is 2.43. The lowest BCUT2D eigenvalue weighted by Gasteiger charge is -2.40. The van der Waals surface area contributed by atoms with Crippen molar-refractivity contribution in [3.05, 3.63) is 0 Å². The van der Waals surface area contributed by atoms with Crippen molar-refractivity contribution in [3.63, 3.8) is 0 Å². The molecule has 1 unspecified atom stereocenters. The fourth-order valence-corrected chi connectivity index (χ4v) is 3.07. The van der Waals surface area contributed by atoms with E-state index >= 15 is 0 Å². The smallest absolute Gasteiger partial charge is 0.138 e. The zero-order chi connectivity index (χ0) is 10.0. The van der Waals surface area contributed by atoms with Crippen molar-refractivity contribution >= 4 is 5.78 Å². The number of Topliss-reactive ketones (excluding diaryl/α,β-unsaturated/α-hetero) is 1. The van der Waals surface area contributed by atoms with E-state index in [1.165, 1.54) is 25.7 Å². The lowest BCUT2D eigenvalue weighted by molar-refractivity contribution is -0.150. The summed E-state index contributed by atoms with van der Waals surface area (Å²) in [5.74, 6) is 1.06. The SMILES string of the molecule is CCC1(C2CCCC2)CC(=O)CCO1. The van der Waals surface area contributed by atoms with Crippen molar-refractivity contribution in [2.75, 3.05) is 6.61 Å². The molecule has 0 N–H and O–H groups in total. The lowest BCUT2D eigenvalue weighted by Crippen LogP contribution is -2.45. The zero-order valence-corrected chi connectivity index (χ0v) is 9.05. The van der Waals surface area contributed by atoms with Gasteiger partial charge in [-0.1, -0.05) is 19.8 Å². The molecule has 0 aromatic heterocycles. The Bertz CT molecular complexity index is 218. The summed E-state index contributed by atoms with van der Waals surface area (Å²) in [6, 6.07) is 0. The maximum atomic E-state index is 11.5. The van der Waals surface area contributed by atoms with E-state index in [4.69, 9.17) is 4.74 Å². The van der Waals surface area contributed by atoms with Crippen molar-refractivity contribution in [2.24, 2.45) is 5.92 Å². The van der Waals surface area contributed by atoms with Crippen LogP contribution in [-0.2, 0) is 9.53 Å². The molecule has 0 spiro atoms. The predicted molar refractivity (Wildman–Crippen MR) is 55.2 cm³/mol. The monoisotopic (exact) mass is 196 g/mol. The van der Waals surface area contributed by atoms with Gasteiger partial charge in [-0.2, -0.15) is 0 Å². The summed E-state index contributed by atoms with van der Waals surface area (Å²) in [5, 5.41) is 0. The maximum absolute atomic E-state index is 11.5. The molecule has 14 heavy (non-hydrogen) atoms. The fraction of sp³-hybridized carbons (Fsp3) is 0.917. The summed E-state index contributed by atoms with van der Waals surface area (Å²) >= 11 is 0. The molecule has 0 bridgehead atoms. The maximum Gasteiger partial charge on any atom is 0.138 e. The van der Waals surface area contributed by atoms with Crippen LogP contribution in [0.2, 0.25) is 0 Å². The molecule has 1 heterocycles. The first-order valence-corrected chi connectivity index (χ1v) is 5.92. The molecule has 0 radical (unpaired) electrons. The van der Waals surface area contributed by atoms with Gasteiger partial charge in [0.05, 0.1) is 12.2 Å². The van der Waals surface area contributed by atoms with Crippen LogP contribution < -0.4 is 0 Å². The first kappa shape index (κ1) is 10.2. The molecule has 80 valence electrons. The van der Waals surface area contributed by atoms with Gasteiger partial charge in [0.1, 0.15) is 5.78 Å². The molecule has 2 aliphatic rings. The summed E-state index contributed by atoms with van der Waals surface area (Å²) < 4.78 is 5.95.